The van der Waals surface area contributed by atoms with Crippen molar-refractivity contribution in [3.05, 3.63) is 23.8 Å². The Morgan fingerprint density at radius 2 is 2.05 bits per heavy atom. The largest absolute Gasteiger partial charge is 0.497 e. The summed E-state index contributed by atoms with van der Waals surface area (Å²) in [4.78, 5) is 2.59. The third kappa shape index (κ3) is 2.62. The van der Waals surface area contributed by atoms with Gasteiger partial charge in [0, 0.05) is 12.1 Å². The van der Waals surface area contributed by atoms with Crippen LogP contribution in [0.5, 0.6) is 11.5 Å². The van der Waals surface area contributed by atoms with Crippen molar-refractivity contribution in [1.29, 1.82) is 0 Å². The quantitative estimate of drug-likeness (QED) is 0.929. The van der Waals surface area contributed by atoms with E-state index < -0.39 is 0 Å². The Labute approximate surface area is 127 Å². The van der Waals surface area contributed by atoms with E-state index >= 15 is 0 Å². The SMILES string of the molecule is COc1ccc2c(c1)C(CN)(N1CCCCC1)CCCO2. The Morgan fingerprint density at radius 1 is 1.24 bits per heavy atom. The maximum atomic E-state index is 6.31. The molecular formula is C17H26N2O2. The number of rotatable bonds is 3. The van der Waals surface area contributed by atoms with Gasteiger partial charge in [0.15, 0.2) is 0 Å². The van der Waals surface area contributed by atoms with Gasteiger partial charge in [0.2, 0.25) is 0 Å². The molecule has 1 aromatic carbocycles. The average Bonchev–Trinajstić information content (AvgIpc) is 2.75. The van der Waals surface area contributed by atoms with E-state index in [0.717, 1.165) is 44.0 Å². The number of benzene rings is 1. The lowest BCUT2D eigenvalue weighted by Crippen LogP contribution is -2.53. The van der Waals surface area contributed by atoms with Gasteiger partial charge in [0.25, 0.3) is 0 Å². The zero-order valence-corrected chi connectivity index (χ0v) is 12.9. The Kier molecular flexibility index (Phi) is 4.36. The van der Waals surface area contributed by atoms with E-state index in [9.17, 15) is 0 Å². The van der Waals surface area contributed by atoms with Crippen LogP contribution < -0.4 is 15.2 Å². The maximum Gasteiger partial charge on any atom is 0.124 e. The van der Waals surface area contributed by atoms with Gasteiger partial charge in [-0.1, -0.05) is 6.42 Å². The minimum Gasteiger partial charge on any atom is -0.497 e. The second kappa shape index (κ2) is 6.24. The summed E-state index contributed by atoms with van der Waals surface area (Å²) in [7, 11) is 1.71. The molecule has 4 heteroatoms. The lowest BCUT2D eigenvalue weighted by molar-refractivity contribution is 0.0623. The van der Waals surface area contributed by atoms with Gasteiger partial charge >= 0.3 is 0 Å². The Balaban J connectivity index is 2.06. The van der Waals surface area contributed by atoms with Crippen molar-refractivity contribution >= 4 is 0 Å². The molecule has 1 aromatic rings. The molecule has 2 N–H and O–H groups in total. The summed E-state index contributed by atoms with van der Waals surface area (Å²) in [6.45, 7) is 3.67. The van der Waals surface area contributed by atoms with E-state index in [-0.39, 0.29) is 5.54 Å². The van der Waals surface area contributed by atoms with Crippen LogP contribution in [-0.2, 0) is 5.54 Å². The van der Waals surface area contributed by atoms with E-state index in [4.69, 9.17) is 15.2 Å². The highest BCUT2D eigenvalue weighted by molar-refractivity contribution is 5.45. The summed E-state index contributed by atoms with van der Waals surface area (Å²) >= 11 is 0. The van der Waals surface area contributed by atoms with Crippen LogP contribution in [0.3, 0.4) is 0 Å². The molecule has 3 rings (SSSR count). The summed E-state index contributed by atoms with van der Waals surface area (Å²) in [5.74, 6) is 1.86. The number of nitrogens with zero attached hydrogens (tertiary/aromatic N) is 1. The number of hydrogen-bond acceptors (Lipinski definition) is 4. The molecular weight excluding hydrogens is 264 g/mol. The predicted molar refractivity (Wildman–Crippen MR) is 83.9 cm³/mol. The first-order valence-electron chi connectivity index (χ1n) is 8.06. The van der Waals surface area contributed by atoms with Crippen molar-refractivity contribution in [2.24, 2.45) is 5.73 Å². The molecule has 0 spiro atoms. The molecule has 1 unspecified atom stereocenters. The molecule has 0 saturated carbocycles. The van der Waals surface area contributed by atoms with Gasteiger partial charge in [0.1, 0.15) is 11.5 Å². The van der Waals surface area contributed by atoms with Crippen molar-refractivity contribution in [2.75, 3.05) is 33.4 Å². The van der Waals surface area contributed by atoms with Crippen LogP contribution in [0.25, 0.3) is 0 Å². The molecule has 21 heavy (non-hydrogen) atoms. The van der Waals surface area contributed by atoms with Gasteiger partial charge in [-0.25, -0.2) is 0 Å². The Bertz CT molecular complexity index is 486. The molecule has 0 bridgehead atoms. The van der Waals surface area contributed by atoms with Gasteiger partial charge < -0.3 is 15.2 Å². The lowest BCUT2D eigenvalue weighted by atomic mass is 9.82. The van der Waals surface area contributed by atoms with Crippen molar-refractivity contribution in [2.45, 2.75) is 37.6 Å². The zero-order valence-electron chi connectivity index (χ0n) is 12.9. The molecule has 2 aliphatic heterocycles. The van der Waals surface area contributed by atoms with Crippen LogP contribution in [0, 0.1) is 0 Å². The smallest absolute Gasteiger partial charge is 0.124 e. The highest BCUT2D eigenvalue weighted by atomic mass is 16.5. The molecule has 2 aliphatic rings. The molecule has 0 aromatic heterocycles. The molecule has 4 nitrogen and oxygen atoms in total. The number of hydrogen-bond donors (Lipinski definition) is 1. The molecule has 116 valence electrons. The van der Waals surface area contributed by atoms with Crippen molar-refractivity contribution < 1.29 is 9.47 Å². The van der Waals surface area contributed by atoms with E-state index in [0.29, 0.717) is 6.54 Å². The number of fused-ring (bicyclic) bond motifs is 1. The van der Waals surface area contributed by atoms with Gasteiger partial charge in [-0.15, -0.1) is 0 Å². The van der Waals surface area contributed by atoms with Crippen molar-refractivity contribution in [3.8, 4) is 11.5 Å². The fraction of sp³-hybridized carbons (Fsp3) is 0.647. The lowest BCUT2D eigenvalue weighted by Gasteiger charge is -2.45. The Hall–Kier alpha value is -1.26. The molecule has 2 heterocycles. The van der Waals surface area contributed by atoms with Crippen molar-refractivity contribution in [3.63, 3.8) is 0 Å². The fourth-order valence-electron chi connectivity index (χ4n) is 3.80. The predicted octanol–water partition coefficient (Wildman–Crippen LogP) is 2.51. The van der Waals surface area contributed by atoms with Crippen molar-refractivity contribution in [1.82, 2.24) is 4.90 Å². The molecule has 1 fully saturated rings. The number of piperidine rings is 1. The Morgan fingerprint density at radius 3 is 2.76 bits per heavy atom. The number of methoxy groups -OCH3 is 1. The van der Waals surface area contributed by atoms with Crippen LogP contribution in [0.1, 0.15) is 37.7 Å². The van der Waals surface area contributed by atoms with Gasteiger partial charge in [-0.05, 0) is 57.0 Å². The van der Waals surface area contributed by atoms with Crippen LogP contribution in [-0.4, -0.2) is 38.3 Å². The van der Waals surface area contributed by atoms with E-state index in [2.05, 4.69) is 11.0 Å². The summed E-state index contributed by atoms with van der Waals surface area (Å²) < 4.78 is 11.4. The third-order valence-corrected chi connectivity index (χ3v) is 4.98. The molecule has 1 saturated heterocycles. The molecule has 1 atom stereocenters. The highest BCUT2D eigenvalue weighted by Crippen LogP contribution is 2.43. The summed E-state index contributed by atoms with van der Waals surface area (Å²) in [6, 6.07) is 6.14. The highest BCUT2D eigenvalue weighted by Gasteiger charge is 2.41. The maximum absolute atomic E-state index is 6.31. The third-order valence-electron chi connectivity index (χ3n) is 4.98. The number of nitrogens with two attached hydrogens (primary N) is 1. The normalized spacial score (nSPS) is 26.6. The van der Waals surface area contributed by atoms with E-state index in [1.807, 2.05) is 12.1 Å². The molecule has 0 radical (unpaired) electrons. The summed E-state index contributed by atoms with van der Waals surface area (Å²) in [5.41, 5.74) is 7.42. The molecule has 0 aliphatic carbocycles. The second-order valence-corrected chi connectivity index (χ2v) is 6.10. The first-order valence-corrected chi connectivity index (χ1v) is 8.06. The van der Waals surface area contributed by atoms with Crippen LogP contribution >= 0.6 is 0 Å². The first kappa shape index (κ1) is 14.7. The number of ether oxygens (including phenoxy) is 2. The monoisotopic (exact) mass is 290 g/mol. The van der Waals surface area contributed by atoms with Crippen LogP contribution in [0.4, 0.5) is 0 Å². The minimum absolute atomic E-state index is 0.0964. The van der Waals surface area contributed by atoms with E-state index in [1.165, 1.54) is 24.8 Å². The zero-order chi connectivity index (χ0) is 14.7. The van der Waals surface area contributed by atoms with E-state index in [1.54, 1.807) is 7.11 Å². The topological polar surface area (TPSA) is 47.7 Å². The van der Waals surface area contributed by atoms with Crippen LogP contribution in [0.15, 0.2) is 18.2 Å². The fourth-order valence-corrected chi connectivity index (χ4v) is 3.80. The second-order valence-electron chi connectivity index (χ2n) is 6.10. The minimum atomic E-state index is -0.0964. The summed E-state index contributed by atoms with van der Waals surface area (Å²) in [6.07, 6.45) is 5.97. The summed E-state index contributed by atoms with van der Waals surface area (Å²) in [5, 5.41) is 0. The van der Waals surface area contributed by atoms with Gasteiger partial charge in [-0.2, -0.15) is 0 Å². The average molecular weight is 290 g/mol. The number of likely N-dealkylation sites (tertiary alicyclic amines) is 1. The van der Waals surface area contributed by atoms with Crippen LogP contribution in [0.2, 0.25) is 0 Å². The first-order chi connectivity index (χ1) is 10.3. The molecule has 0 amide bonds. The standard InChI is InChI=1S/C17H26N2O2/c1-20-14-6-7-16-15(12-14)17(13-18,8-5-11-21-16)19-9-3-2-4-10-19/h6-7,12H,2-5,8-11,13,18H2,1H3. The van der Waals surface area contributed by atoms with Gasteiger partial charge in [-0.3, -0.25) is 4.90 Å². The van der Waals surface area contributed by atoms with Gasteiger partial charge in [0.05, 0.1) is 19.3 Å².